The Morgan fingerprint density at radius 2 is 1.91 bits per heavy atom. The van der Waals surface area contributed by atoms with E-state index in [9.17, 15) is 18.3 Å². The van der Waals surface area contributed by atoms with Crippen molar-refractivity contribution >= 4 is 16.1 Å². The molecule has 3 N–H and O–H groups in total. The maximum Gasteiger partial charge on any atom is 0.279 e. The first-order valence-corrected chi connectivity index (χ1v) is 9.03. The molecule has 0 atom stereocenters. The van der Waals surface area contributed by atoms with Gasteiger partial charge < -0.3 is 10.4 Å². The van der Waals surface area contributed by atoms with Gasteiger partial charge in [0.15, 0.2) is 5.69 Å². The minimum atomic E-state index is -3.55. The van der Waals surface area contributed by atoms with Crippen LogP contribution in [0.3, 0.4) is 0 Å². The fraction of sp³-hybridized carbons (Fsp3) is 0.571. The highest BCUT2D eigenvalue weighted by molar-refractivity contribution is 7.87. The smallest absolute Gasteiger partial charge is 0.279 e. The molecule has 0 saturated carbocycles. The predicted octanol–water partition coefficient (Wildman–Crippen LogP) is 0.473. The van der Waals surface area contributed by atoms with E-state index in [1.165, 1.54) is 22.6 Å². The third kappa shape index (κ3) is 6.12. The standard InChI is InChI=1S/C14H24N4O4S/c1-3-10-18(11-4-2)23(21,22)17-9-8-16-14(20)13-12(19)6-5-7-15-13/h5-7,17,19H,3-4,8-11H2,1-2H3,(H,16,20). The molecule has 1 heterocycles. The fourth-order valence-electron chi connectivity index (χ4n) is 1.95. The van der Waals surface area contributed by atoms with E-state index in [1.807, 2.05) is 13.8 Å². The van der Waals surface area contributed by atoms with Crippen molar-refractivity contribution in [3.63, 3.8) is 0 Å². The number of hydrogen-bond acceptors (Lipinski definition) is 5. The normalized spacial score (nSPS) is 11.6. The molecule has 8 nitrogen and oxygen atoms in total. The summed E-state index contributed by atoms with van der Waals surface area (Å²) in [7, 11) is -3.55. The van der Waals surface area contributed by atoms with E-state index in [-0.39, 0.29) is 24.5 Å². The van der Waals surface area contributed by atoms with Gasteiger partial charge in [0, 0.05) is 32.4 Å². The predicted molar refractivity (Wildman–Crippen MR) is 87.3 cm³/mol. The average Bonchev–Trinajstić information content (AvgIpc) is 2.51. The summed E-state index contributed by atoms with van der Waals surface area (Å²) in [6.45, 7) is 4.90. The van der Waals surface area contributed by atoms with Crippen molar-refractivity contribution < 1.29 is 18.3 Å². The number of carbonyl (C=O) groups is 1. The molecule has 0 aliphatic carbocycles. The van der Waals surface area contributed by atoms with E-state index in [1.54, 1.807) is 0 Å². The van der Waals surface area contributed by atoms with Gasteiger partial charge in [-0.2, -0.15) is 12.7 Å². The number of aromatic nitrogens is 1. The molecule has 1 rings (SSSR count). The van der Waals surface area contributed by atoms with Crippen LogP contribution in [0.25, 0.3) is 0 Å². The lowest BCUT2D eigenvalue weighted by Gasteiger charge is -2.21. The zero-order valence-corrected chi connectivity index (χ0v) is 14.3. The summed E-state index contributed by atoms with van der Waals surface area (Å²) >= 11 is 0. The Balaban J connectivity index is 2.47. The van der Waals surface area contributed by atoms with Gasteiger partial charge in [0.1, 0.15) is 5.75 Å². The van der Waals surface area contributed by atoms with Crippen LogP contribution in [0, 0.1) is 0 Å². The van der Waals surface area contributed by atoms with Gasteiger partial charge in [-0.05, 0) is 25.0 Å². The van der Waals surface area contributed by atoms with Crippen molar-refractivity contribution in [3.05, 3.63) is 24.0 Å². The topological polar surface area (TPSA) is 112 Å². The molecule has 0 fully saturated rings. The summed E-state index contributed by atoms with van der Waals surface area (Å²) < 4.78 is 28.1. The maximum absolute atomic E-state index is 12.1. The molecule has 0 unspecified atom stereocenters. The van der Waals surface area contributed by atoms with Crippen LogP contribution in [0.1, 0.15) is 37.2 Å². The molecule has 1 aromatic heterocycles. The van der Waals surface area contributed by atoms with Crippen LogP contribution in [-0.2, 0) is 10.2 Å². The number of nitrogens with one attached hydrogen (secondary N) is 2. The van der Waals surface area contributed by atoms with Crippen molar-refractivity contribution in [1.29, 1.82) is 0 Å². The lowest BCUT2D eigenvalue weighted by molar-refractivity contribution is 0.0946. The molecular formula is C14H24N4O4S. The zero-order valence-electron chi connectivity index (χ0n) is 13.4. The largest absolute Gasteiger partial charge is 0.505 e. The molecule has 0 saturated heterocycles. The molecule has 1 aromatic rings. The van der Waals surface area contributed by atoms with E-state index in [2.05, 4.69) is 15.0 Å². The minimum absolute atomic E-state index is 0.0611. The van der Waals surface area contributed by atoms with E-state index in [0.29, 0.717) is 13.1 Å². The van der Waals surface area contributed by atoms with Crippen LogP contribution >= 0.6 is 0 Å². The first kappa shape index (κ1) is 19.3. The molecule has 0 aliphatic heterocycles. The molecule has 0 aliphatic rings. The van der Waals surface area contributed by atoms with Gasteiger partial charge in [0.2, 0.25) is 0 Å². The Morgan fingerprint density at radius 3 is 2.48 bits per heavy atom. The van der Waals surface area contributed by atoms with Crippen molar-refractivity contribution in [1.82, 2.24) is 19.3 Å². The molecule has 0 bridgehead atoms. The van der Waals surface area contributed by atoms with E-state index < -0.39 is 16.1 Å². The lowest BCUT2D eigenvalue weighted by atomic mass is 10.3. The number of carbonyl (C=O) groups excluding carboxylic acids is 1. The minimum Gasteiger partial charge on any atom is -0.505 e. The third-order valence-corrected chi connectivity index (χ3v) is 4.60. The number of rotatable bonds is 10. The van der Waals surface area contributed by atoms with Gasteiger partial charge in [0.25, 0.3) is 16.1 Å². The van der Waals surface area contributed by atoms with E-state index in [4.69, 9.17) is 0 Å². The maximum atomic E-state index is 12.1. The van der Waals surface area contributed by atoms with Crippen LogP contribution in [-0.4, -0.2) is 54.9 Å². The first-order chi connectivity index (χ1) is 10.9. The average molecular weight is 344 g/mol. The monoisotopic (exact) mass is 344 g/mol. The zero-order chi connectivity index (χ0) is 17.3. The van der Waals surface area contributed by atoms with Gasteiger partial charge in [-0.25, -0.2) is 9.71 Å². The number of pyridine rings is 1. The second kappa shape index (κ2) is 9.43. The quantitative estimate of drug-likeness (QED) is 0.534. The Hall–Kier alpha value is -1.71. The first-order valence-electron chi connectivity index (χ1n) is 7.59. The second-order valence-electron chi connectivity index (χ2n) is 4.93. The number of hydrogen-bond donors (Lipinski definition) is 3. The molecule has 23 heavy (non-hydrogen) atoms. The number of aromatic hydroxyl groups is 1. The summed E-state index contributed by atoms with van der Waals surface area (Å²) in [5.74, 6) is -0.774. The fourth-order valence-corrected chi connectivity index (χ4v) is 3.34. The molecule has 0 spiro atoms. The van der Waals surface area contributed by atoms with Crippen LogP contribution in [0.4, 0.5) is 0 Å². The molecule has 9 heteroatoms. The Labute approximate surface area is 137 Å². The Kier molecular flexibility index (Phi) is 7.93. The van der Waals surface area contributed by atoms with Gasteiger partial charge in [-0.1, -0.05) is 13.8 Å². The summed E-state index contributed by atoms with van der Waals surface area (Å²) in [4.78, 5) is 15.6. The number of amides is 1. The highest BCUT2D eigenvalue weighted by atomic mass is 32.2. The third-order valence-electron chi connectivity index (χ3n) is 2.98. The van der Waals surface area contributed by atoms with Gasteiger partial charge in [-0.3, -0.25) is 4.79 Å². The van der Waals surface area contributed by atoms with E-state index >= 15 is 0 Å². The SMILES string of the molecule is CCCN(CCC)S(=O)(=O)NCCNC(=O)c1ncccc1O. The second-order valence-corrected chi connectivity index (χ2v) is 6.68. The summed E-state index contributed by atoms with van der Waals surface area (Å²) in [6, 6.07) is 2.87. The lowest BCUT2D eigenvalue weighted by Crippen LogP contribution is -2.44. The van der Waals surface area contributed by atoms with Crippen molar-refractivity contribution in [2.45, 2.75) is 26.7 Å². The van der Waals surface area contributed by atoms with Crippen LogP contribution in [0.2, 0.25) is 0 Å². The van der Waals surface area contributed by atoms with Crippen molar-refractivity contribution in [2.75, 3.05) is 26.2 Å². The summed E-state index contributed by atoms with van der Waals surface area (Å²) in [5, 5.41) is 12.0. The van der Waals surface area contributed by atoms with Gasteiger partial charge >= 0.3 is 0 Å². The number of nitrogens with zero attached hydrogens (tertiary/aromatic N) is 2. The van der Waals surface area contributed by atoms with E-state index in [0.717, 1.165) is 12.8 Å². The molecule has 130 valence electrons. The molecule has 0 aromatic carbocycles. The highest BCUT2D eigenvalue weighted by Crippen LogP contribution is 2.11. The summed E-state index contributed by atoms with van der Waals surface area (Å²) in [6.07, 6.45) is 2.86. The summed E-state index contributed by atoms with van der Waals surface area (Å²) in [5.41, 5.74) is -0.0889. The highest BCUT2D eigenvalue weighted by Gasteiger charge is 2.19. The van der Waals surface area contributed by atoms with Crippen molar-refractivity contribution in [2.24, 2.45) is 0 Å². The van der Waals surface area contributed by atoms with Gasteiger partial charge in [0.05, 0.1) is 0 Å². The Bertz CT molecular complexity index is 601. The molecule has 0 radical (unpaired) electrons. The van der Waals surface area contributed by atoms with Crippen LogP contribution in [0.15, 0.2) is 18.3 Å². The molecular weight excluding hydrogens is 320 g/mol. The molecule has 1 amide bonds. The van der Waals surface area contributed by atoms with Gasteiger partial charge in [-0.15, -0.1) is 0 Å². The Morgan fingerprint density at radius 1 is 1.26 bits per heavy atom. The van der Waals surface area contributed by atoms with Crippen molar-refractivity contribution in [3.8, 4) is 5.75 Å². The van der Waals surface area contributed by atoms with Crippen LogP contribution in [0.5, 0.6) is 5.75 Å². The van der Waals surface area contributed by atoms with Crippen LogP contribution < -0.4 is 10.0 Å².